The SMILES string of the molecule is Nc1ccc(OC(=O)CCCCCCCC(=O)Oc2ccc(N)cc2)cc1.Nc1ccc(OC(=O)CCCCCCCCC(=O)Oc2ccc(N)cc2)cc1. The normalized spacial score (nSPS) is 10.4. The molecule has 12 heteroatoms. The Morgan fingerprint density at radius 3 is 0.636 bits per heavy atom. The number of esters is 4. The summed E-state index contributed by atoms with van der Waals surface area (Å²) in [7, 11) is 0. The number of nitrogens with two attached hydrogens (primary N) is 4. The highest BCUT2D eigenvalue weighted by atomic mass is 16.5. The number of carbonyl (C=O) groups is 4. The predicted molar refractivity (Wildman–Crippen MR) is 215 cm³/mol. The van der Waals surface area contributed by atoms with Gasteiger partial charge in [-0.05, 0) is 123 Å². The van der Waals surface area contributed by atoms with E-state index in [1.807, 2.05) is 0 Å². The minimum Gasteiger partial charge on any atom is -0.427 e. The summed E-state index contributed by atoms with van der Waals surface area (Å²) in [6.45, 7) is 0. The Bertz CT molecular complexity index is 1600. The molecule has 0 spiro atoms. The highest BCUT2D eigenvalue weighted by Gasteiger charge is 2.08. The van der Waals surface area contributed by atoms with Crippen LogP contribution in [-0.2, 0) is 19.2 Å². The molecule has 0 aliphatic rings. The molecule has 4 aromatic carbocycles. The highest BCUT2D eigenvalue weighted by molar-refractivity contribution is 5.74. The van der Waals surface area contributed by atoms with Gasteiger partial charge in [0.05, 0.1) is 0 Å². The van der Waals surface area contributed by atoms with Crippen LogP contribution in [0.4, 0.5) is 22.7 Å². The van der Waals surface area contributed by atoms with E-state index in [0.717, 1.165) is 70.6 Å². The lowest BCUT2D eigenvalue weighted by molar-refractivity contribution is -0.135. The lowest BCUT2D eigenvalue weighted by Crippen LogP contribution is -2.08. The summed E-state index contributed by atoms with van der Waals surface area (Å²) in [4.78, 5) is 47.0. The van der Waals surface area contributed by atoms with Crippen LogP contribution >= 0.6 is 0 Å². The van der Waals surface area contributed by atoms with Crippen LogP contribution in [0.3, 0.4) is 0 Å². The number of nitrogen functional groups attached to an aromatic ring is 4. The van der Waals surface area contributed by atoms with Gasteiger partial charge < -0.3 is 41.9 Å². The molecule has 0 aliphatic heterocycles. The number of anilines is 4. The summed E-state index contributed by atoms with van der Waals surface area (Å²) < 4.78 is 20.9. The summed E-state index contributed by atoms with van der Waals surface area (Å²) >= 11 is 0. The van der Waals surface area contributed by atoms with Gasteiger partial charge in [-0.2, -0.15) is 0 Å². The van der Waals surface area contributed by atoms with Crippen LogP contribution in [0.5, 0.6) is 23.0 Å². The molecule has 0 heterocycles. The first kappa shape index (κ1) is 43.4. The zero-order valence-electron chi connectivity index (χ0n) is 31.4. The fourth-order valence-corrected chi connectivity index (χ4v) is 5.19. The number of carbonyl (C=O) groups excluding carboxylic acids is 4. The summed E-state index contributed by atoms with van der Waals surface area (Å²) in [6, 6.07) is 27.0. The van der Waals surface area contributed by atoms with Crippen molar-refractivity contribution in [3.63, 3.8) is 0 Å². The van der Waals surface area contributed by atoms with Gasteiger partial charge in [0.2, 0.25) is 0 Å². The molecule has 0 fully saturated rings. The Hall–Kier alpha value is -6.04. The second kappa shape index (κ2) is 25.1. The fourth-order valence-electron chi connectivity index (χ4n) is 5.19. The topological polar surface area (TPSA) is 209 Å². The molecule has 12 nitrogen and oxygen atoms in total. The molecular weight excluding hydrogens is 700 g/mol. The van der Waals surface area contributed by atoms with Gasteiger partial charge in [-0.15, -0.1) is 0 Å². The summed E-state index contributed by atoms with van der Waals surface area (Å²) in [6.07, 6.45) is 11.5. The van der Waals surface area contributed by atoms with Crippen LogP contribution < -0.4 is 41.9 Å². The molecule has 0 aliphatic carbocycles. The van der Waals surface area contributed by atoms with Crippen LogP contribution in [0, 0.1) is 0 Å². The van der Waals surface area contributed by atoms with E-state index < -0.39 is 0 Å². The molecule has 0 saturated heterocycles. The molecule has 0 bridgehead atoms. The van der Waals surface area contributed by atoms with Gasteiger partial charge in [0.25, 0.3) is 0 Å². The van der Waals surface area contributed by atoms with Gasteiger partial charge in [0.15, 0.2) is 0 Å². The van der Waals surface area contributed by atoms with Gasteiger partial charge in [0.1, 0.15) is 23.0 Å². The molecule has 8 N–H and O–H groups in total. The Kier molecular flexibility index (Phi) is 19.8. The van der Waals surface area contributed by atoms with Crippen LogP contribution in [-0.4, -0.2) is 23.9 Å². The maximum absolute atomic E-state index is 11.8. The van der Waals surface area contributed by atoms with Crippen molar-refractivity contribution >= 4 is 46.6 Å². The summed E-state index contributed by atoms with van der Waals surface area (Å²) in [5, 5.41) is 0. The van der Waals surface area contributed by atoms with Crippen molar-refractivity contribution in [3.05, 3.63) is 97.1 Å². The Morgan fingerprint density at radius 2 is 0.455 bits per heavy atom. The Labute approximate surface area is 323 Å². The monoisotopic (exact) mass is 754 g/mol. The van der Waals surface area contributed by atoms with E-state index in [0.29, 0.717) is 71.4 Å². The molecule has 0 aromatic heterocycles. The smallest absolute Gasteiger partial charge is 0.311 e. The molecule has 4 aromatic rings. The van der Waals surface area contributed by atoms with Crippen LogP contribution in [0.25, 0.3) is 0 Å². The predicted octanol–water partition coefficient (Wildman–Crippen LogP) is 8.58. The third kappa shape index (κ3) is 20.1. The van der Waals surface area contributed by atoms with Crippen molar-refractivity contribution in [2.45, 2.75) is 96.3 Å². The van der Waals surface area contributed by atoms with E-state index in [1.54, 1.807) is 97.1 Å². The molecule has 0 atom stereocenters. The highest BCUT2D eigenvalue weighted by Crippen LogP contribution is 2.19. The van der Waals surface area contributed by atoms with Crippen molar-refractivity contribution < 1.29 is 38.1 Å². The van der Waals surface area contributed by atoms with E-state index in [9.17, 15) is 19.2 Å². The molecule has 0 unspecified atom stereocenters. The van der Waals surface area contributed by atoms with Gasteiger partial charge in [-0.25, -0.2) is 0 Å². The van der Waals surface area contributed by atoms with Crippen molar-refractivity contribution in [2.24, 2.45) is 0 Å². The van der Waals surface area contributed by atoms with Gasteiger partial charge >= 0.3 is 23.9 Å². The van der Waals surface area contributed by atoms with E-state index in [2.05, 4.69) is 0 Å². The average molecular weight is 755 g/mol. The van der Waals surface area contributed by atoms with E-state index >= 15 is 0 Å². The number of hydrogen-bond donors (Lipinski definition) is 4. The lowest BCUT2D eigenvalue weighted by Gasteiger charge is -2.05. The molecule has 55 heavy (non-hydrogen) atoms. The molecule has 4 rings (SSSR count). The maximum atomic E-state index is 11.8. The molecule has 294 valence electrons. The maximum Gasteiger partial charge on any atom is 0.311 e. The van der Waals surface area contributed by atoms with Crippen molar-refractivity contribution in [1.82, 2.24) is 0 Å². The molecular formula is C43H54N4O8. The lowest BCUT2D eigenvalue weighted by atomic mass is 10.1. The van der Waals surface area contributed by atoms with Gasteiger partial charge in [0, 0.05) is 48.4 Å². The van der Waals surface area contributed by atoms with Gasteiger partial charge in [-0.3, -0.25) is 19.2 Å². The van der Waals surface area contributed by atoms with E-state index in [-0.39, 0.29) is 23.9 Å². The van der Waals surface area contributed by atoms with E-state index in [4.69, 9.17) is 41.9 Å². The van der Waals surface area contributed by atoms with Crippen LogP contribution in [0.2, 0.25) is 0 Å². The van der Waals surface area contributed by atoms with Crippen molar-refractivity contribution in [2.75, 3.05) is 22.9 Å². The second-order valence-corrected chi connectivity index (χ2v) is 13.1. The summed E-state index contributed by atoms with van der Waals surface area (Å²) in [5.74, 6) is 1.11. The summed E-state index contributed by atoms with van der Waals surface area (Å²) in [5.41, 5.74) is 24.9. The van der Waals surface area contributed by atoms with Crippen molar-refractivity contribution in [1.29, 1.82) is 0 Å². The van der Waals surface area contributed by atoms with Gasteiger partial charge in [-0.1, -0.05) is 44.9 Å². The zero-order chi connectivity index (χ0) is 39.7. The zero-order valence-corrected chi connectivity index (χ0v) is 31.4. The number of hydrogen-bond acceptors (Lipinski definition) is 12. The molecule has 0 radical (unpaired) electrons. The number of rotatable bonds is 21. The first-order valence-electron chi connectivity index (χ1n) is 18.8. The largest absolute Gasteiger partial charge is 0.427 e. The first-order chi connectivity index (χ1) is 26.5. The van der Waals surface area contributed by atoms with Crippen LogP contribution in [0.15, 0.2) is 97.1 Å². The first-order valence-corrected chi connectivity index (χ1v) is 18.8. The number of ether oxygens (including phenoxy) is 4. The molecule has 0 saturated carbocycles. The quantitative estimate of drug-likeness (QED) is 0.0273. The Morgan fingerprint density at radius 1 is 0.291 bits per heavy atom. The third-order valence-electron chi connectivity index (χ3n) is 8.22. The molecule has 0 amide bonds. The second-order valence-electron chi connectivity index (χ2n) is 13.1. The fraction of sp³-hybridized carbons (Fsp3) is 0.349. The standard InChI is InChI=1S/C22H28N2O4.C21H26N2O4/c23-17-9-13-19(14-10-17)27-21(25)7-5-3-1-2-4-6-8-22(26)28-20-15-11-18(24)12-16-20;22-16-8-12-18(13-9-16)26-20(24)6-4-2-1-3-5-7-21(25)27-19-14-10-17(23)11-15-19/h9-16H,1-8,23-24H2;8-15H,1-7,22-23H2. The number of benzene rings is 4. The van der Waals surface area contributed by atoms with Crippen molar-refractivity contribution in [3.8, 4) is 23.0 Å². The minimum atomic E-state index is -0.244. The third-order valence-corrected chi connectivity index (χ3v) is 8.22. The van der Waals surface area contributed by atoms with E-state index in [1.165, 1.54) is 0 Å². The average Bonchev–Trinajstić information content (AvgIpc) is 3.16. The Balaban J connectivity index is 0.000000296. The minimum absolute atomic E-state index is 0.227. The van der Waals surface area contributed by atoms with Crippen LogP contribution in [0.1, 0.15) is 96.3 Å². The number of unbranched alkanes of at least 4 members (excludes halogenated alkanes) is 9.